The van der Waals surface area contributed by atoms with Gasteiger partial charge in [-0.3, -0.25) is 0 Å². The molecule has 0 fully saturated rings. The highest BCUT2D eigenvalue weighted by Gasteiger charge is 2.37. The summed E-state index contributed by atoms with van der Waals surface area (Å²) in [4.78, 5) is 0. The van der Waals surface area contributed by atoms with Crippen LogP contribution in [0.25, 0.3) is 0 Å². The number of ether oxygens (including phenoxy) is 1. The molecule has 120 valence electrons. The van der Waals surface area contributed by atoms with E-state index < -0.39 is 34.8 Å². The van der Waals surface area contributed by atoms with Gasteiger partial charge in [0.15, 0.2) is 0 Å². The van der Waals surface area contributed by atoms with Gasteiger partial charge in [-0.1, -0.05) is 0 Å². The van der Waals surface area contributed by atoms with Crippen molar-refractivity contribution in [1.82, 2.24) is 5.32 Å². The molecule has 0 heterocycles. The fourth-order valence-electron chi connectivity index (χ4n) is 1.77. The summed E-state index contributed by atoms with van der Waals surface area (Å²) in [5.41, 5.74) is -3.75. The fourth-order valence-corrected chi connectivity index (χ4v) is 1.77. The third-order valence-corrected chi connectivity index (χ3v) is 2.56. The first-order valence-corrected chi connectivity index (χ1v) is 5.98. The van der Waals surface area contributed by atoms with Crippen molar-refractivity contribution in [3.8, 4) is 5.75 Å². The lowest BCUT2D eigenvalue weighted by atomic mass is 10.1. The van der Waals surface area contributed by atoms with Crippen LogP contribution in [0.2, 0.25) is 0 Å². The number of hydrogen-bond donors (Lipinski definition) is 1. The van der Waals surface area contributed by atoms with Gasteiger partial charge in [-0.05, 0) is 39.1 Å². The molecule has 1 aromatic carbocycles. The van der Waals surface area contributed by atoms with Crippen molar-refractivity contribution in [3.63, 3.8) is 0 Å². The number of benzene rings is 1. The molecule has 0 saturated heterocycles. The first kappa shape index (κ1) is 17.6. The van der Waals surface area contributed by atoms with Crippen molar-refractivity contribution in [1.29, 1.82) is 0 Å². The summed E-state index contributed by atoms with van der Waals surface area (Å²) in [6.45, 7) is 3.36. The smallest absolute Gasteiger partial charge is 0.416 e. The van der Waals surface area contributed by atoms with Gasteiger partial charge in [0.2, 0.25) is 0 Å². The Labute approximate surface area is 118 Å². The summed E-state index contributed by atoms with van der Waals surface area (Å²) in [7, 11) is 1.60. The van der Waals surface area contributed by atoms with Gasteiger partial charge in [-0.2, -0.15) is 26.3 Å². The molecule has 0 aliphatic carbocycles. The first-order chi connectivity index (χ1) is 9.35. The highest BCUT2D eigenvalue weighted by atomic mass is 19.4. The zero-order valence-corrected chi connectivity index (χ0v) is 11.6. The van der Waals surface area contributed by atoms with Gasteiger partial charge in [0.25, 0.3) is 0 Å². The molecule has 0 saturated carbocycles. The van der Waals surface area contributed by atoms with Crippen LogP contribution in [-0.4, -0.2) is 19.2 Å². The van der Waals surface area contributed by atoms with E-state index in [9.17, 15) is 26.3 Å². The second-order valence-electron chi connectivity index (χ2n) is 5.13. The van der Waals surface area contributed by atoms with Gasteiger partial charge in [0, 0.05) is 6.54 Å². The standard InChI is InChI=1S/C13H15F6NO/c1-11(2,7-20-3)21-10-5-8(12(14,15)16)4-9(6-10)13(17,18)19/h4-6,20H,7H2,1-3H3. The molecule has 21 heavy (non-hydrogen) atoms. The third-order valence-electron chi connectivity index (χ3n) is 2.56. The van der Waals surface area contributed by atoms with Gasteiger partial charge < -0.3 is 10.1 Å². The molecule has 0 atom stereocenters. The summed E-state index contributed by atoms with van der Waals surface area (Å²) in [5.74, 6) is -0.475. The lowest BCUT2D eigenvalue weighted by Crippen LogP contribution is -2.38. The molecule has 0 radical (unpaired) electrons. The molecule has 0 amide bonds. The van der Waals surface area contributed by atoms with E-state index in [4.69, 9.17) is 4.74 Å². The van der Waals surface area contributed by atoms with E-state index in [1.165, 1.54) is 0 Å². The van der Waals surface area contributed by atoms with Crippen LogP contribution < -0.4 is 10.1 Å². The Hall–Kier alpha value is -1.44. The Bertz CT molecular complexity index is 460. The molecule has 0 aromatic heterocycles. The van der Waals surface area contributed by atoms with E-state index in [1.807, 2.05) is 0 Å². The van der Waals surface area contributed by atoms with Crippen LogP contribution in [0.4, 0.5) is 26.3 Å². The number of nitrogens with one attached hydrogen (secondary N) is 1. The monoisotopic (exact) mass is 315 g/mol. The molecule has 2 nitrogen and oxygen atoms in total. The highest BCUT2D eigenvalue weighted by molar-refractivity contribution is 5.37. The maximum Gasteiger partial charge on any atom is 0.416 e. The average molecular weight is 315 g/mol. The minimum Gasteiger partial charge on any atom is -0.487 e. The molecule has 0 aliphatic rings. The van der Waals surface area contributed by atoms with Crippen LogP contribution in [0.15, 0.2) is 18.2 Å². The highest BCUT2D eigenvalue weighted by Crippen LogP contribution is 2.38. The summed E-state index contributed by atoms with van der Waals surface area (Å²) in [6.07, 6.45) is -9.76. The summed E-state index contributed by atoms with van der Waals surface area (Å²) in [6, 6.07) is 1.19. The van der Waals surface area contributed by atoms with Crippen molar-refractivity contribution in [2.75, 3.05) is 13.6 Å². The zero-order chi connectivity index (χ0) is 16.5. The van der Waals surface area contributed by atoms with Crippen LogP contribution in [0.3, 0.4) is 0 Å². The molecular weight excluding hydrogens is 300 g/mol. The maximum absolute atomic E-state index is 12.7. The van der Waals surface area contributed by atoms with Gasteiger partial charge >= 0.3 is 12.4 Å². The Morgan fingerprint density at radius 2 is 1.33 bits per heavy atom. The van der Waals surface area contributed by atoms with E-state index in [-0.39, 0.29) is 12.6 Å². The quantitative estimate of drug-likeness (QED) is 0.845. The molecular formula is C13H15F6NO. The van der Waals surface area contributed by atoms with Crippen LogP contribution in [0, 0.1) is 0 Å². The van der Waals surface area contributed by atoms with Gasteiger partial charge in [-0.25, -0.2) is 0 Å². The Morgan fingerprint density at radius 1 is 0.905 bits per heavy atom. The number of hydrogen-bond acceptors (Lipinski definition) is 2. The predicted molar refractivity (Wildman–Crippen MR) is 65.1 cm³/mol. The molecule has 0 spiro atoms. The minimum atomic E-state index is -4.88. The second kappa shape index (κ2) is 5.75. The largest absolute Gasteiger partial charge is 0.487 e. The predicted octanol–water partition coefficient (Wildman–Crippen LogP) is 4.10. The van der Waals surface area contributed by atoms with Crippen LogP contribution in [0.5, 0.6) is 5.75 Å². The zero-order valence-electron chi connectivity index (χ0n) is 11.6. The summed E-state index contributed by atoms with van der Waals surface area (Å²) < 4.78 is 81.3. The van der Waals surface area contributed by atoms with Gasteiger partial charge in [-0.15, -0.1) is 0 Å². The number of rotatable bonds is 4. The normalized spacial score (nSPS) is 13.4. The fraction of sp³-hybridized carbons (Fsp3) is 0.538. The minimum absolute atomic E-state index is 0.0674. The number of halogens is 6. The number of alkyl halides is 6. The van der Waals surface area contributed by atoms with E-state index in [0.717, 1.165) is 0 Å². The molecule has 1 N–H and O–H groups in total. The van der Waals surface area contributed by atoms with Crippen molar-refractivity contribution in [2.24, 2.45) is 0 Å². The molecule has 1 rings (SSSR count). The second-order valence-corrected chi connectivity index (χ2v) is 5.13. The van der Waals surface area contributed by atoms with Crippen molar-refractivity contribution >= 4 is 0 Å². The lowest BCUT2D eigenvalue weighted by Gasteiger charge is -2.27. The molecule has 0 bridgehead atoms. The maximum atomic E-state index is 12.7. The Morgan fingerprint density at radius 3 is 1.67 bits per heavy atom. The molecule has 0 unspecified atom stereocenters. The summed E-state index contributed by atoms with van der Waals surface area (Å²) in [5, 5.41) is 2.75. The van der Waals surface area contributed by atoms with Crippen molar-refractivity contribution < 1.29 is 31.1 Å². The third kappa shape index (κ3) is 5.11. The first-order valence-electron chi connectivity index (χ1n) is 5.98. The van der Waals surface area contributed by atoms with Gasteiger partial charge in [0.05, 0.1) is 11.1 Å². The van der Waals surface area contributed by atoms with Gasteiger partial charge in [0.1, 0.15) is 11.4 Å². The Kier molecular flexibility index (Phi) is 4.82. The van der Waals surface area contributed by atoms with Crippen LogP contribution in [-0.2, 0) is 12.4 Å². The summed E-state index contributed by atoms with van der Waals surface area (Å²) >= 11 is 0. The molecule has 1 aromatic rings. The van der Waals surface area contributed by atoms with E-state index in [0.29, 0.717) is 12.1 Å². The average Bonchev–Trinajstić information content (AvgIpc) is 2.25. The SMILES string of the molecule is CNCC(C)(C)Oc1cc(C(F)(F)F)cc(C(F)(F)F)c1. The van der Waals surface area contributed by atoms with E-state index in [2.05, 4.69) is 5.32 Å². The van der Waals surface area contributed by atoms with Crippen LogP contribution >= 0.6 is 0 Å². The lowest BCUT2D eigenvalue weighted by molar-refractivity contribution is -0.143. The van der Waals surface area contributed by atoms with Crippen LogP contribution in [0.1, 0.15) is 25.0 Å². The Balaban J connectivity index is 3.26. The molecule has 0 aliphatic heterocycles. The number of likely N-dealkylation sites (N-methyl/N-ethyl adjacent to an activating group) is 1. The topological polar surface area (TPSA) is 21.3 Å². The van der Waals surface area contributed by atoms with E-state index >= 15 is 0 Å². The van der Waals surface area contributed by atoms with Crippen molar-refractivity contribution in [2.45, 2.75) is 31.8 Å². The van der Waals surface area contributed by atoms with E-state index in [1.54, 1.807) is 20.9 Å². The molecule has 8 heteroatoms. The van der Waals surface area contributed by atoms with Crippen molar-refractivity contribution in [3.05, 3.63) is 29.3 Å².